The highest BCUT2D eigenvalue weighted by atomic mass is 16.6. The summed E-state index contributed by atoms with van der Waals surface area (Å²) in [5.41, 5.74) is 5.11. The summed E-state index contributed by atoms with van der Waals surface area (Å²) >= 11 is 0. The Morgan fingerprint density at radius 2 is 2.10 bits per heavy atom. The van der Waals surface area contributed by atoms with Gasteiger partial charge in [0.25, 0.3) is 5.91 Å². The zero-order valence-electron chi connectivity index (χ0n) is 13.0. The van der Waals surface area contributed by atoms with Crippen molar-refractivity contribution in [1.29, 1.82) is 0 Å². The number of aromatic nitrogens is 1. The molecule has 1 aromatic carbocycles. The topological polar surface area (TPSA) is 52.5 Å². The average molecular weight is 290 g/mol. The van der Waals surface area contributed by atoms with Crippen LogP contribution < -0.4 is 10.2 Å². The molecule has 1 N–H and O–H groups in total. The first kappa shape index (κ1) is 15.4. The third-order valence-electron chi connectivity index (χ3n) is 3.51. The van der Waals surface area contributed by atoms with Crippen LogP contribution in [-0.2, 0) is 11.4 Å². The molecule has 0 atom stereocenters. The molecule has 0 aliphatic heterocycles. The predicted molar refractivity (Wildman–Crippen MR) is 82.6 cm³/mol. The summed E-state index contributed by atoms with van der Waals surface area (Å²) in [5, 5.41) is 0.887. The van der Waals surface area contributed by atoms with Crippen LogP contribution >= 0.6 is 0 Å². The minimum atomic E-state index is -0.220. The van der Waals surface area contributed by atoms with E-state index in [4.69, 9.17) is 9.57 Å². The molecule has 1 amide bonds. The lowest BCUT2D eigenvalue weighted by Gasteiger charge is -2.07. The molecule has 0 fully saturated rings. The third-order valence-corrected chi connectivity index (χ3v) is 3.51. The Balaban J connectivity index is 2.60. The summed E-state index contributed by atoms with van der Waals surface area (Å²) in [7, 11) is 1.62. The van der Waals surface area contributed by atoms with E-state index in [1.165, 1.54) is 0 Å². The molecule has 0 saturated heterocycles. The Bertz CT molecular complexity index is 646. The Morgan fingerprint density at radius 3 is 2.71 bits per heavy atom. The molecule has 114 valence electrons. The summed E-state index contributed by atoms with van der Waals surface area (Å²) in [5.74, 6) is 0.518. The number of carbonyl (C=O) groups excluding carboxylic acids is 1. The summed E-state index contributed by atoms with van der Waals surface area (Å²) in [6.07, 6.45) is 1.00. The highest BCUT2D eigenvalue weighted by Gasteiger charge is 2.20. The van der Waals surface area contributed by atoms with Crippen molar-refractivity contribution in [2.24, 2.45) is 0 Å². The fourth-order valence-corrected chi connectivity index (χ4v) is 2.58. The SMILES string of the molecule is CCCn1c(C)c(C(=O)NOCC)c2cc(OC)ccc21. The maximum atomic E-state index is 12.4. The van der Waals surface area contributed by atoms with Gasteiger partial charge in [0.1, 0.15) is 5.75 Å². The van der Waals surface area contributed by atoms with Gasteiger partial charge >= 0.3 is 0 Å². The zero-order valence-corrected chi connectivity index (χ0v) is 13.0. The molecule has 21 heavy (non-hydrogen) atoms. The van der Waals surface area contributed by atoms with Crippen molar-refractivity contribution in [2.75, 3.05) is 13.7 Å². The van der Waals surface area contributed by atoms with Gasteiger partial charge in [-0.25, -0.2) is 5.48 Å². The molecule has 0 unspecified atom stereocenters. The van der Waals surface area contributed by atoms with Crippen molar-refractivity contribution in [3.05, 3.63) is 29.5 Å². The molecule has 0 spiro atoms. The number of nitrogens with one attached hydrogen (secondary N) is 1. The Kier molecular flexibility index (Phi) is 4.85. The summed E-state index contributed by atoms with van der Waals surface area (Å²) < 4.78 is 7.44. The van der Waals surface area contributed by atoms with E-state index in [-0.39, 0.29) is 5.91 Å². The minimum absolute atomic E-state index is 0.220. The summed E-state index contributed by atoms with van der Waals surface area (Å²) in [6.45, 7) is 7.21. The van der Waals surface area contributed by atoms with Crippen molar-refractivity contribution in [1.82, 2.24) is 10.0 Å². The number of hydrogen-bond acceptors (Lipinski definition) is 3. The fraction of sp³-hybridized carbons (Fsp3) is 0.438. The molecule has 1 aromatic heterocycles. The van der Waals surface area contributed by atoms with Gasteiger partial charge in [0.15, 0.2) is 0 Å². The van der Waals surface area contributed by atoms with E-state index in [9.17, 15) is 4.79 Å². The Labute approximate surface area is 124 Å². The van der Waals surface area contributed by atoms with Crippen LogP contribution in [0.5, 0.6) is 5.75 Å². The van der Waals surface area contributed by atoms with Crippen molar-refractivity contribution >= 4 is 16.8 Å². The number of carbonyl (C=O) groups is 1. The number of hydroxylamine groups is 1. The molecule has 5 heteroatoms. The number of aryl methyl sites for hydroxylation is 1. The van der Waals surface area contributed by atoms with Crippen LogP contribution in [0.3, 0.4) is 0 Å². The van der Waals surface area contributed by atoms with Crippen molar-refractivity contribution < 1.29 is 14.4 Å². The lowest BCUT2D eigenvalue weighted by Crippen LogP contribution is -2.24. The monoisotopic (exact) mass is 290 g/mol. The van der Waals surface area contributed by atoms with Crippen molar-refractivity contribution in [3.63, 3.8) is 0 Å². The second-order valence-electron chi connectivity index (χ2n) is 4.86. The standard InChI is InChI=1S/C16H22N2O3/c1-5-9-18-11(3)15(16(19)17-21-6-2)13-10-12(20-4)7-8-14(13)18/h7-8,10H,5-6,9H2,1-4H3,(H,17,19). The molecule has 0 aliphatic rings. The van der Waals surface area contributed by atoms with Gasteiger partial charge < -0.3 is 9.30 Å². The lowest BCUT2D eigenvalue weighted by molar-refractivity contribution is 0.0365. The number of nitrogens with zero attached hydrogens (tertiary/aromatic N) is 1. The number of amides is 1. The van der Waals surface area contributed by atoms with Crippen molar-refractivity contribution in [3.8, 4) is 5.75 Å². The maximum Gasteiger partial charge on any atom is 0.277 e. The van der Waals surface area contributed by atoms with E-state index < -0.39 is 0 Å². The first-order chi connectivity index (χ1) is 10.1. The van der Waals surface area contributed by atoms with Crippen LogP contribution in [0.2, 0.25) is 0 Å². The first-order valence-electron chi connectivity index (χ1n) is 7.22. The summed E-state index contributed by atoms with van der Waals surface area (Å²) in [4.78, 5) is 17.4. The Hall–Kier alpha value is -2.01. The molecule has 0 aliphatic carbocycles. The van der Waals surface area contributed by atoms with Gasteiger partial charge in [-0.1, -0.05) is 6.92 Å². The van der Waals surface area contributed by atoms with Gasteiger partial charge in [0.2, 0.25) is 0 Å². The molecular weight excluding hydrogens is 268 g/mol. The summed E-state index contributed by atoms with van der Waals surface area (Å²) in [6, 6.07) is 5.81. The van der Waals surface area contributed by atoms with Gasteiger partial charge in [-0.2, -0.15) is 0 Å². The predicted octanol–water partition coefficient (Wildman–Crippen LogP) is 3.05. The van der Waals surface area contributed by atoms with E-state index in [1.807, 2.05) is 32.0 Å². The number of benzene rings is 1. The highest BCUT2D eigenvalue weighted by molar-refractivity contribution is 6.08. The fourth-order valence-electron chi connectivity index (χ4n) is 2.58. The average Bonchev–Trinajstić information content (AvgIpc) is 2.77. The van der Waals surface area contributed by atoms with Gasteiger partial charge in [-0.3, -0.25) is 9.63 Å². The minimum Gasteiger partial charge on any atom is -0.497 e. The molecule has 2 rings (SSSR count). The second-order valence-corrected chi connectivity index (χ2v) is 4.86. The van der Waals surface area contributed by atoms with E-state index >= 15 is 0 Å². The molecule has 2 aromatic rings. The molecule has 0 radical (unpaired) electrons. The van der Waals surface area contributed by atoms with E-state index in [0.717, 1.165) is 35.3 Å². The highest BCUT2D eigenvalue weighted by Crippen LogP contribution is 2.29. The smallest absolute Gasteiger partial charge is 0.277 e. The lowest BCUT2D eigenvalue weighted by atomic mass is 10.1. The second kappa shape index (κ2) is 6.63. The number of rotatable bonds is 6. The van der Waals surface area contributed by atoms with Crippen LogP contribution in [0.15, 0.2) is 18.2 Å². The van der Waals surface area contributed by atoms with E-state index in [1.54, 1.807) is 7.11 Å². The van der Waals surface area contributed by atoms with E-state index in [2.05, 4.69) is 17.0 Å². The quantitative estimate of drug-likeness (QED) is 0.832. The number of methoxy groups -OCH3 is 1. The molecule has 0 saturated carbocycles. The zero-order chi connectivity index (χ0) is 15.4. The normalized spacial score (nSPS) is 10.9. The first-order valence-corrected chi connectivity index (χ1v) is 7.22. The van der Waals surface area contributed by atoms with E-state index in [0.29, 0.717) is 12.2 Å². The molecule has 1 heterocycles. The van der Waals surface area contributed by atoms with Crippen LogP contribution in [-0.4, -0.2) is 24.2 Å². The maximum absolute atomic E-state index is 12.4. The van der Waals surface area contributed by atoms with Crippen LogP contribution in [0, 0.1) is 6.92 Å². The molecular formula is C16H22N2O3. The van der Waals surface area contributed by atoms with Gasteiger partial charge in [0.05, 0.1) is 19.3 Å². The molecule has 0 bridgehead atoms. The largest absolute Gasteiger partial charge is 0.497 e. The third kappa shape index (κ3) is 2.88. The Morgan fingerprint density at radius 1 is 1.33 bits per heavy atom. The van der Waals surface area contributed by atoms with Gasteiger partial charge in [-0.15, -0.1) is 0 Å². The van der Waals surface area contributed by atoms with Crippen LogP contribution in [0.4, 0.5) is 0 Å². The van der Waals surface area contributed by atoms with Crippen LogP contribution in [0.25, 0.3) is 10.9 Å². The van der Waals surface area contributed by atoms with Crippen molar-refractivity contribution in [2.45, 2.75) is 33.7 Å². The number of fused-ring (bicyclic) bond motifs is 1. The van der Waals surface area contributed by atoms with Crippen LogP contribution in [0.1, 0.15) is 36.3 Å². The number of ether oxygens (including phenoxy) is 1. The molecule has 5 nitrogen and oxygen atoms in total. The number of hydrogen-bond donors (Lipinski definition) is 1. The van der Waals surface area contributed by atoms with Gasteiger partial charge in [-0.05, 0) is 38.5 Å². The van der Waals surface area contributed by atoms with Gasteiger partial charge in [0, 0.05) is 23.1 Å².